The number of fused-ring (bicyclic) bond motifs is 2. The van der Waals surface area contributed by atoms with Gasteiger partial charge in [0.05, 0.1) is 22.1 Å². The fourth-order valence-electron chi connectivity index (χ4n) is 6.63. The van der Waals surface area contributed by atoms with Gasteiger partial charge in [-0.3, -0.25) is 9.80 Å². The van der Waals surface area contributed by atoms with Crippen LogP contribution >= 0.6 is 0 Å². The first-order valence-corrected chi connectivity index (χ1v) is 17.0. The SMILES string of the molecule is Cc1cc(CN(CCc2nc3ccccc3[nH]2)Cc2ccccc2O)c(O)c(CN(CCc2nc3ccccc3[nH]2)Cc2ccccc2O)c1. The molecule has 0 unspecified atom stereocenters. The van der Waals surface area contributed by atoms with Crippen LogP contribution in [0.3, 0.4) is 0 Å². The molecule has 0 aliphatic rings. The van der Waals surface area contributed by atoms with E-state index in [-0.39, 0.29) is 17.2 Å². The van der Waals surface area contributed by atoms with Crippen LogP contribution in [0.25, 0.3) is 22.1 Å². The molecular weight excluding hydrogens is 624 g/mol. The Morgan fingerprint density at radius 1 is 0.520 bits per heavy atom. The Morgan fingerprint density at radius 2 is 0.920 bits per heavy atom. The van der Waals surface area contributed by atoms with Crippen LogP contribution in [0.4, 0.5) is 0 Å². The number of phenolic OH excluding ortho intramolecular Hbond substituents is 3. The summed E-state index contributed by atoms with van der Waals surface area (Å²) in [6.45, 7) is 5.34. The summed E-state index contributed by atoms with van der Waals surface area (Å²) in [5.74, 6) is 2.55. The first-order chi connectivity index (χ1) is 24.4. The molecule has 9 heteroatoms. The summed E-state index contributed by atoms with van der Waals surface area (Å²) in [5.41, 5.74) is 8.21. The molecule has 0 radical (unpaired) electrons. The van der Waals surface area contributed by atoms with Crippen molar-refractivity contribution in [1.29, 1.82) is 0 Å². The Hall–Kier alpha value is -5.64. The third-order valence-electron chi connectivity index (χ3n) is 9.18. The first kappa shape index (κ1) is 32.9. The minimum atomic E-state index is 0.250. The van der Waals surface area contributed by atoms with E-state index in [1.165, 1.54) is 0 Å². The quantitative estimate of drug-likeness (QED) is 0.0822. The van der Waals surface area contributed by atoms with Crippen LogP contribution < -0.4 is 0 Å². The summed E-state index contributed by atoms with van der Waals surface area (Å²) < 4.78 is 0. The lowest BCUT2D eigenvalue weighted by Gasteiger charge is -2.26. The molecule has 0 spiro atoms. The summed E-state index contributed by atoms with van der Waals surface area (Å²) in [7, 11) is 0. The number of benzene rings is 5. The number of hydrogen-bond acceptors (Lipinski definition) is 7. The lowest BCUT2D eigenvalue weighted by atomic mass is 10.0. The second-order valence-corrected chi connectivity index (χ2v) is 13.0. The first-order valence-electron chi connectivity index (χ1n) is 17.0. The highest BCUT2D eigenvalue weighted by Crippen LogP contribution is 2.30. The number of aromatic nitrogens is 4. The van der Waals surface area contributed by atoms with Gasteiger partial charge in [-0.1, -0.05) is 78.4 Å². The van der Waals surface area contributed by atoms with E-state index < -0.39 is 0 Å². The van der Waals surface area contributed by atoms with Gasteiger partial charge in [0.1, 0.15) is 28.9 Å². The van der Waals surface area contributed by atoms with E-state index in [2.05, 4.69) is 26.7 Å². The van der Waals surface area contributed by atoms with E-state index in [4.69, 9.17) is 9.97 Å². The fraction of sp³-hybridized carbons (Fsp3) is 0.220. The Bertz CT molecular complexity index is 2010. The average molecular weight is 667 g/mol. The van der Waals surface area contributed by atoms with E-state index >= 15 is 0 Å². The van der Waals surface area contributed by atoms with Gasteiger partial charge in [0.25, 0.3) is 0 Å². The van der Waals surface area contributed by atoms with Crippen LogP contribution in [0.5, 0.6) is 17.2 Å². The average Bonchev–Trinajstić information content (AvgIpc) is 3.74. The largest absolute Gasteiger partial charge is 0.508 e. The van der Waals surface area contributed by atoms with Crippen LogP contribution in [-0.2, 0) is 39.0 Å². The molecule has 5 aromatic carbocycles. The van der Waals surface area contributed by atoms with Gasteiger partial charge in [0, 0.05) is 74.4 Å². The Labute approximate surface area is 291 Å². The van der Waals surface area contributed by atoms with Gasteiger partial charge in [-0.05, 0) is 43.3 Å². The van der Waals surface area contributed by atoms with Crippen molar-refractivity contribution in [3.05, 3.63) is 149 Å². The van der Waals surface area contributed by atoms with Gasteiger partial charge < -0.3 is 25.3 Å². The number of rotatable bonds is 14. The van der Waals surface area contributed by atoms with Gasteiger partial charge in [0.15, 0.2) is 0 Å². The van der Waals surface area contributed by atoms with Crippen LogP contribution in [0.15, 0.2) is 109 Å². The second-order valence-electron chi connectivity index (χ2n) is 13.0. The van der Waals surface area contributed by atoms with Gasteiger partial charge >= 0.3 is 0 Å². The van der Waals surface area contributed by atoms with Gasteiger partial charge in [-0.25, -0.2) is 9.97 Å². The van der Waals surface area contributed by atoms with Crippen molar-refractivity contribution in [2.45, 2.75) is 45.9 Å². The number of phenols is 3. The molecule has 0 bridgehead atoms. The number of nitrogens with one attached hydrogen (secondary N) is 2. The second kappa shape index (κ2) is 14.9. The lowest BCUT2D eigenvalue weighted by molar-refractivity contribution is 0.244. The predicted octanol–water partition coefficient (Wildman–Crippen LogP) is 7.35. The van der Waals surface area contributed by atoms with Crippen LogP contribution in [0, 0.1) is 6.92 Å². The van der Waals surface area contributed by atoms with Gasteiger partial charge in [-0.2, -0.15) is 0 Å². The molecule has 2 aromatic heterocycles. The van der Waals surface area contributed by atoms with Crippen LogP contribution in [0.1, 0.15) is 39.5 Å². The number of para-hydroxylation sites is 6. The molecule has 0 amide bonds. The van der Waals surface area contributed by atoms with E-state index in [9.17, 15) is 15.3 Å². The zero-order valence-electron chi connectivity index (χ0n) is 28.2. The minimum absolute atomic E-state index is 0.250. The molecule has 7 rings (SSSR count). The third-order valence-corrected chi connectivity index (χ3v) is 9.18. The van der Waals surface area contributed by atoms with Gasteiger partial charge in [0.2, 0.25) is 0 Å². The summed E-state index contributed by atoms with van der Waals surface area (Å²) in [5, 5.41) is 33.1. The zero-order valence-corrected chi connectivity index (χ0v) is 28.2. The van der Waals surface area contributed by atoms with Crippen molar-refractivity contribution in [2.75, 3.05) is 13.1 Å². The van der Waals surface area contributed by atoms with Crippen molar-refractivity contribution in [1.82, 2.24) is 29.7 Å². The third kappa shape index (κ3) is 7.80. The molecule has 0 saturated carbocycles. The number of aromatic amines is 2. The summed E-state index contributed by atoms with van der Waals surface area (Å²) in [6.07, 6.45) is 1.36. The molecular formula is C41H42N6O3. The van der Waals surface area contributed by atoms with Crippen molar-refractivity contribution in [3.8, 4) is 17.2 Å². The molecule has 0 fully saturated rings. The normalized spacial score (nSPS) is 11.7. The Balaban J connectivity index is 1.13. The molecule has 0 saturated heterocycles. The predicted molar refractivity (Wildman–Crippen MR) is 197 cm³/mol. The molecule has 9 nitrogen and oxygen atoms in total. The van der Waals surface area contributed by atoms with E-state index in [1.54, 1.807) is 12.1 Å². The number of hydrogen-bond donors (Lipinski definition) is 5. The molecule has 0 atom stereocenters. The molecule has 5 N–H and O–H groups in total. The molecule has 2 heterocycles. The van der Waals surface area contributed by atoms with Gasteiger partial charge in [-0.15, -0.1) is 0 Å². The highest BCUT2D eigenvalue weighted by Gasteiger charge is 2.19. The van der Waals surface area contributed by atoms with Crippen LogP contribution in [0.2, 0.25) is 0 Å². The highest BCUT2D eigenvalue weighted by atomic mass is 16.3. The van der Waals surface area contributed by atoms with Crippen molar-refractivity contribution in [2.24, 2.45) is 0 Å². The van der Waals surface area contributed by atoms with E-state index in [0.717, 1.165) is 61.5 Å². The number of aryl methyl sites for hydroxylation is 1. The highest BCUT2D eigenvalue weighted by molar-refractivity contribution is 5.75. The molecule has 50 heavy (non-hydrogen) atoms. The zero-order chi connectivity index (χ0) is 34.5. The summed E-state index contributed by atoms with van der Waals surface area (Å²) >= 11 is 0. The topological polar surface area (TPSA) is 125 Å². The summed E-state index contributed by atoms with van der Waals surface area (Å²) in [6, 6.07) is 34.9. The van der Waals surface area contributed by atoms with Crippen LogP contribution in [-0.4, -0.2) is 58.1 Å². The maximum absolute atomic E-state index is 11.8. The molecule has 0 aliphatic heterocycles. The monoisotopic (exact) mass is 666 g/mol. The molecule has 7 aromatic rings. The Morgan fingerprint density at radius 3 is 1.36 bits per heavy atom. The lowest BCUT2D eigenvalue weighted by Crippen LogP contribution is -2.27. The minimum Gasteiger partial charge on any atom is -0.508 e. The van der Waals surface area contributed by atoms with E-state index in [1.807, 2.05) is 97.1 Å². The van der Waals surface area contributed by atoms with Crippen molar-refractivity contribution >= 4 is 22.1 Å². The maximum Gasteiger partial charge on any atom is 0.124 e. The Kier molecular flexibility index (Phi) is 9.77. The number of nitrogens with zero attached hydrogens (tertiary/aromatic N) is 4. The number of imidazole rings is 2. The molecule has 0 aliphatic carbocycles. The number of aromatic hydroxyl groups is 3. The van der Waals surface area contributed by atoms with Crippen molar-refractivity contribution < 1.29 is 15.3 Å². The van der Waals surface area contributed by atoms with E-state index in [0.29, 0.717) is 52.1 Å². The smallest absolute Gasteiger partial charge is 0.124 e. The maximum atomic E-state index is 11.8. The standard InChI is InChI=1S/C41H42N6O3/c1-28-22-31(26-46(24-29-10-2-8-16-37(29)48)20-18-39-42-33-12-4-5-13-34(33)43-39)41(50)32(23-28)27-47(25-30-11-3-9-17-38(30)49)21-19-40-44-35-14-6-7-15-36(35)45-40/h2-17,22-23,48-50H,18-21,24-27H2,1H3,(H,42,43)(H,44,45). The summed E-state index contributed by atoms with van der Waals surface area (Å²) in [4.78, 5) is 20.9. The van der Waals surface area contributed by atoms with Crippen molar-refractivity contribution in [3.63, 3.8) is 0 Å². The molecule has 254 valence electrons. The number of H-pyrrole nitrogens is 2. The fourth-order valence-corrected chi connectivity index (χ4v) is 6.63.